The Morgan fingerprint density at radius 1 is 1.73 bits per heavy atom. The van der Waals surface area contributed by atoms with Gasteiger partial charge in [0, 0.05) is 7.05 Å². The lowest BCUT2D eigenvalue weighted by atomic mass is 10.6. The predicted molar refractivity (Wildman–Crippen MR) is 40.9 cm³/mol. The maximum absolute atomic E-state index is 11.1. The maximum atomic E-state index is 11.1. The molecule has 0 amide bonds. The molecule has 1 aromatic rings. The maximum Gasteiger partial charge on any atom is 0.346 e. The Hall–Kier alpha value is -1.50. The van der Waals surface area contributed by atoms with E-state index in [1.165, 1.54) is 15.6 Å². The van der Waals surface area contributed by atoms with Crippen molar-refractivity contribution in [1.29, 1.82) is 0 Å². The summed E-state index contributed by atoms with van der Waals surface area (Å²) in [5, 5.41) is 3.77. The smallest absolute Gasteiger partial charge is 0.270 e. The normalized spacial score (nSPS) is 8.91. The fraction of sp³-hybridized carbons (Fsp3) is 0.429. The Kier molecular flexibility index (Phi) is 2.12. The van der Waals surface area contributed by atoms with Crippen LogP contribution in [-0.2, 0) is 13.6 Å². The van der Waals surface area contributed by atoms with E-state index in [1.807, 2.05) is 0 Å². The van der Waals surface area contributed by atoms with Crippen LogP contribution in [0.1, 0.15) is 6.92 Å². The van der Waals surface area contributed by atoms with Crippen LogP contribution < -0.4 is 5.69 Å². The molecular weight excluding hydrogens is 142 g/mol. The van der Waals surface area contributed by atoms with Crippen molar-refractivity contribution in [3.05, 3.63) is 16.8 Å². The molecule has 0 aliphatic heterocycles. The first-order chi connectivity index (χ1) is 5.25. The standard InChI is InChI=1S/C7H9N3O/c1-3-4-5-10-6-8-9(2)7(10)11/h6H,5H2,1-2H3. The molecule has 0 saturated carbocycles. The third-order valence-corrected chi connectivity index (χ3v) is 1.31. The molecule has 0 aliphatic rings. The van der Waals surface area contributed by atoms with E-state index in [2.05, 4.69) is 16.9 Å². The Morgan fingerprint density at radius 2 is 2.45 bits per heavy atom. The molecule has 0 aromatic carbocycles. The van der Waals surface area contributed by atoms with Crippen molar-refractivity contribution in [2.75, 3.05) is 0 Å². The summed E-state index contributed by atoms with van der Waals surface area (Å²) in [6, 6.07) is 0. The Balaban J connectivity index is 2.93. The van der Waals surface area contributed by atoms with Crippen LogP contribution in [0.5, 0.6) is 0 Å². The van der Waals surface area contributed by atoms with Crippen molar-refractivity contribution >= 4 is 0 Å². The zero-order valence-corrected chi connectivity index (χ0v) is 6.53. The van der Waals surface area contributed by atoms with Gasteiger partial charge < -0.3 is 0 Å². The summed E-state index contributed by atoms with van der Waals surface area (Å²) in [4.78, 5) is 11.1. The SMILES string of the molecule is CC#CCn1cnn(C)c1=O. The number of nitrogens with zero attached hydrogens (tertiary/aromatic N) is 3. The monoisotopic (exact) mass is 151 g/mol. The average molecular weight is 151 g/mol. The van der Waals surface area contributed by atoms with Crippen LogP contribution >= 0.6 is 0 Å². The van der Waals surface area contributed by atoms with Crippen molar-refractivity contribution in [1.82, 2.24) is 14.3 Å². The van der Waals surface area contributed by atoms with Crippen LogP contribution in [-0.4, -0.2) is 14.3 Å². The third kappa shape index (κ3) is 1.49. The highest BCUT2D eigenvalue weighted by atomic mass is 16.2. The minimum Gasteiger partial charge on any atom is -0.270 e. The molecule has 0 atom stereocenters. The van der Waals surface area contributed by atoms with E-state index in [0.29, 0.717) is 6.54 Å². The van der Waals surface area contributed by atoms with Gasteiger partial charge in [-0.05, 0) is 6.92 Å². The molecular formula is C7H9N3O. The van der Waals surface area contributed by atoms with Crippen LogP contribution in [0.2, 0.25) is 0 Å². The molecule has 1 aromatic heterocycles. The summed E-state index contributed by atoms with van der Waals surface area (Å²) >= 11 is 0. The zero-order chi connectivity index (χ0) is 8.27. The predicted octanol–water partition coefficient (Wildman–Crippen LogP) is -0.395. The van der Waals surface area contributed by atoms with E-state index in [1.54, 1.807) is 14.0 Å². The second kappa shape index (κ2) is 3.06. The van der Waals surface area contributed by atoms with Crippen LogP contribution in [0.25, 0.3) is 0 Å². The van der Waals surface area contributed by atoms with Gasteiger partial charge >= 0.3 is 5.69 Å². The van der Waals surface area contributed by atoms with E-state index < -0.39 is 0 Å². The molecule has 0 N–H and O–H groups in total. The highest BCUT2D eigenvalue weighted by Gasteiger charge is 1.96. The third-order valence-electron chi connectivity index (χ3n) is 1.31. The van der Waals surface area contributed by atoms with E-state index in [4.69, 9.17) is 0 Å². The molecule has 1 rings (SSSR count). The molecule has 0 bridgehead atoms. The minimum absolute atomic E-state index is 0.132. The molecule has 4 nitrogen and oxygen atoms in total. The van der Waals surface area contributed by atoms with Gasteiger partial charge in [-0.1, -0.05) is 5.92 Å². The topological polar surface area (TPSA) is 39.8 Å². The fourth-order valence-corrected chi connectivity index (χ4v) is 0.697. The molecule has 58 valence electrons. The number of rotatable bonds is 1. The Morgan fingerprint density at radius 3 is 2.91 bits per heavy atom. The molecule has 1 heterocycles. The van der Waals surface area contributed by atoms with Gasteiger partial charge in [-0.2, -0.15) is 5.10 Å². The molecule has 0 spiro atoms. The van der Waals surface area contributed by atoms with Crippen molar-refractivity contribution < 1.29 is 0 Å². The molecule has 0 aliphatic carbocycles. The lowest BCUT2D eigenvalue weighted by Crippen LogP contribution is -2.21. The van der Waals surface area contributed by atoms with Crippen molar-refractivity contribution in [3.63, 3.8) is 0 Å². The van der Waals surface area contributed by atoms with Crippen molar-refractivity contribution in [2.45, 2.75) is 13.5 Å². The number of hydrogen-bond acceptors (Lipinski definition) is 2. The number of hydrogen-bond donors (Lipinski definition) is 0. The summed E-state index contributed by atoms with van der Waals surface area (Å²) in [6.07, 6.45) is 1.48. The Labute approximate surface area is 64.5 Å². The molecule has 11 heavy (non-hydrogen) atoms. The second-order valence-corrected chi connectivity index (χ2v) is 2.09. The first kappa shape index (κ1) is 7.61. The van der Waals surface area contributed by atoms with Crippen molar-refractivity contribution in [2.24, 2.45) is 7.05 Å². The van der Waals surface area contributed by atoms with E-state index in [9.17, 15) is 4.79 Å². The highest BCUT2D eigenvalue weighted by Crippen LogP contribution is 1.74. The number of aryl methyl sites for hydroxylation is 1. The highest BCUT2D eigenvalue weighted by molar-refractivity contribution is 4.95. The van der Waals surface area contributed by atoms with Gasteiger partial charge in [-0.15, -0.1) is 5.92 Å². The van der Waals surface area contributed by atoms with Crippen LogP contribution in [0.15, 0.2) is 11.1 Å². The summed E-state index contributed by atoms with van der Waals surface area (Å²) in [5.41, 5.74) is -0.132. The second-order valence-electron chi connectivity index (χ2n) is 2.09. The van der Waals surface area contributed by atoms with Gasteiger partial charge in [-0.25, -0.2) is 9.48 Å². The van der Waals surface area contributed by atoms with Gasteiger partial charge in [0.25, 0.3) is 0 Å². The van der Waals surface area contributed by atoms with Gasteiger partial charge in [0.05, 0.1) is 6.54 Å². The lowest BCUT2D eigenvalue weighted by molar-refractivity contribution is 0.702. The van der Waals surface area contributed by atoms with Crippen molar-refractivity contribution in [3.8, 4) is 11.8 Å². The molecule has 0 fully saturated rings. The molecule has 0 saturated heterocycles. The first-order valence-corrected chi connectivity index (χ1v) is 3.23. The lowest BCUT2D eigenvalue weighted by Gasteiger charge is -1.87. The van der Waals surface area contributed by atoms with E-state index >= 15 is 0 Å². The van der Waals surface area contributed by atoms with Gasteiger partial charge in [0.1, 0.15) is 6.33 Å². The first-order valence-electron chi connectivity index (χ1n) is 3.23. The van der Waals surface area contributed by atoms with Gasteiger partial charge in [0.2, 0.25) is 0 Å². The van der Waals surface area contributed by atoms with Crippen LogP contribution in [0, 0.1) is 11.8 Å². The summed E-state index contributed by atoms with van der Waals surface area (Å²) in [5.74, 6) is 5.48. The summed E-state index contributed by atoms with van der Waals surface area (Å²) in [7, 11) is 1.61. The quantitative estimate of drug-likeness (QED) is 0.512. The zero-order valence-electron chi connectivity index (χ0n) is 6.53. The fourth-order valence-electron chi connectivity index (χ4n) is 0.697. The van der Waals surface area contributed by atoms with E-state index in [-0.39, 0.29) is 5.69 Å². The van der Waals surface area contributed by atoms with Crippen LogP contribution in [0.4, 0.5) is 0 Å². The molecule has 4 heteroatoms. The molecule has 0 unspecified atom stereocenters. The Bertz CT molecular complexity index is 350. The largest absolute Gasteiger partial charge is 0.346 e. The summed E-state index contributed by atoms with van der Waals surface area (Å²) in [6.45, 7) is 2.16. The van der Waals surface area contributed by atoms with Crippen LogP contribution in [0.3, 0.4) is 0 Å². The van der Waals surface area contributed by atoms with Gasteiger partial charge in [-0.3, -0.25) is 4.57 Å². The van der Waals surface area contributed by atoms with E-state index in [0.717, 1.165) is 0 Å². The minimum atomic E-state index is -0.132. The molecule has 0 radical (unpaired) electrons. The average Bonchev–Trinajstić information content (AvgIpc) is 2.31. The number of aromatic nitrogens is 3. The van der Waals surface area contributed by atoms with Gasteiger partial charge in [0.15, 0.2) is 0 Å². The summed E-state index contributed by atoms with van der Waals surface area (Å²) < 4.78 is 2.73.